The van der Waals surface area contributed by atoms with Crippen LogP contribution in [0.4, 0.5) is 5.00 Å². The van der Waals surface area contributed by atoms with Gasteiger partial charge in [-0.15, -0.1) is 21.5 Å². The standard InChI is InChI=1S/C22H25ClN4O4S2/c1-6-30-21(29)19-13(3)14(4)33-20(19)24-18(28)11-32-22-26-25-17(27(22)5)10-31-15-7-8-16(23)12(2)9-15/h7-9H,6,10-11H2,1-5H3,(H,24,28). The zero-order valence-electron chi connectivity index (χ0n) is 19.0. The van der Waals surface area contributed by atoms with Crippen LogP contribution in [0.5, 0.6) is 5.75 Å². The van der Waals surface area contributed by atoms with Crippen LogP contribution < -0.4 is 10.1 Å². The number of thioether (sulfide) groups is 1. The lowest BCUT2D eigenvalue weighted by Gasteiger charge is -2.08. The maximum Gasteiger partial charge on any atom is 0.341 e. The highest BCUT2D eigenvalue weighted by molar-refractivity contribution is 7.99. The van der Waals surface area contributed by atoms with Gasteiger partial charge in [-0.2, -0.15) is 0 Å². The topological polar surface area (TPSA) is 95.3 Å². The number of amides is 1. The molecule has 0 fully saturated rings. The van der Waals surface area contributed by atoms with Gasteiger partial charge in [0.05, 0.1) is 17.9 Å². The van der Waals surface area contributed by atoms with Gasteiger partial charge in [0, 0.05) is 16.9 Å². The van der Waals surface area contributed by atoms with Crippen molar-refractivity contribution in [1.82, 2.24) is 14.8 Å². The molecular weight excluding hydrogens is 484 g/mol. The molecule has 33 heavy (non-hydrogen) atoms. The number of anilines is 1. The molecule has 2 aromatic heterocycles. The second-order valence-electron chi connectivity index (χ2n) is 7.20. The van der Waals surface area contributed by atoms with Crippen LogP contribution in [-0.2, 0) is 23.2 Å². The Bertz CT molecular complexity index is 1180. The number of aryl methyl sites for hydroxylation is 2. The summed E-state index contributed by atoms with van der Waals surface area (Å²) >= 11 is 8.65. The fourth-order valence-corrected chi connectivity index (χ4v) is 4.82. The summed E-state index contributed by atoms with van der Waals surface area (Å²) in [6, 6.07) is 5.44. The Kier molecular flexibility index (Phi) is 8.39. The van der Waals surface area contributed by atoms with Gasteiger partial charge in [0.25, 0.3) is 0 Å². The average molecular weight is 509 g/mol. The van der Waals surface area contributed by atoms with Crippen LogP contribution >= 0.6 is 34.7 Å². The van der Waals surface area contributed by atoms with Gasteiger partial charge >= 0.3 is 5.97 Å². The molecule has 1 amide bonds. The number of carbonyl (C=O) groups is 2. The molecule has 2 heterocycles. The molecule has 0 atom stereocenters. The summed E-state index contributed by atoms with van der Waals surface area (Å²) < 4.78 is 12.7. The minimum absolute atomic E-state index is 0.113. The molecule has 3 aromatic rings. The number of nitrogens with zero attached hydrogens (tertiary/aromatic N) is 3. The van der Waals surface area contributed by atoms with Crippen molar-refractivity contribution in [2.24, 2.45) is 7.05 Å². The molecule has 0 aliphatic rings. The van der Waals surface area contributed by atoms with Gasteiger partial charge in [0.15, 0.2) is 11.0 Å². The molecule has 1 aromatic carbocycles. The Balaban J connectivity index is 1.59. The van der Waals surface area contributed by atoms with Crippen molar-refractivity contribution in [2.45, 2.75) is 39.5 Å². The summed E-state index contributed by atoms with van der Waals surface area (Å²) in [5.41, 5.74) is 2.15. The third-order valence-electron chi connectivity index (χ3n) is 4.87. The van der Waals surface area contributed by atoms with Crippen molar-refractivity contribution in [1.29, 1.82) is 0 Å². The molecule has 0 aliphatic heterocycles. The quantitative estimate of drug-likeness (QED) is 0.323. The van der Waals surface area contributed by atoms with Crippen molar-refractivity contribution in [3.8, 4) is 5.75 Å². The fourth-order valence-electron chi connectivity index (χ4n) is 2.91. The van der Waals surface area contributed by atoms with Gasteiger partial charge in [0.1, 0.15) is 17.4 Å². The third kappa shape index (κ3) is 6.07. The number of ether oxygens (including phenoxy) is 2. The van der Waals surface area contributed by atoms with Crippen LogP contribution in [-0.4, -0.2) is 39.0 Å². The number of hydrogen-bond acceptors (Lipinski definition) is 8. The van der Waals surface area contributed by atoms with Crippen molar-refractivity contribution in [2.75, 3.05) is 17.7 Å². The van der Waals surface area contributed by atoms with E-state index in [-0.39, 0.29) is 24.9 Å². The van der Waals surface area contributed by atoms with Gasteiger partial charge in [-0.25, -0.2) is 4.79 Å². The Labute approximate surface area is 205 Å². The second kappa shape index (κ2) is 11.0. The monoisotopic (exact) mass is 508 g/mol. The van der Waals surface area contributed by atoms with Crippen molar-refractivity contribution in [3.05, 3.63) is 50.6 Å². The van der Waals surface area contributed by atoms with E-state index in [9.17, 15) is 9.59 Å². The van der Waals surface area contributed by atoms with Gasteiger partial charge in [-0.05, 0) is 57.0 Å². The SMILES string of the molecule is CCOC(=O)c1c(NC(=O)CSc2nnc(COc3ccc(Cl)c(C)c3)n2C)sc(C)c1C. The number of hydrogen-bond donors (Lipinski definition) is 1. The van der Waals surface area contributed by atoms with Crippen LogP contribution in [0, 0.1) is 20.8 Å². The van der Waals surface area contributed by atoms with Crippen molar-refractivity contribution >= 4 is 51.6 Å². The number of aromatic nitrogens is 3. The summed E-state index contributed by atoms with van der Waals surface area (Å²) in [6.07, 6.45) is 0. The summed E-state index contributed by atoms with van der Waals surface area (Å²) in [4.78, 5) is 25.8. The number of rotatable bonds is 9. The molecular formula is C22H25ClN4O4S2. The van der Waals surface area contributed by atoms with E-state index in [0.717, 1.165) is 16.0 Å². The maximum absolute atomic E-state index is 12.6. The summed E-state index contributed by atoms with van der Waals surface area (Å²) in [5, 5.41) is 12.9. The normalized spacial score (nSPS) is 10.8. The molecule has 0 unspecified atom stereocenters. The van der Waals surface area contributed by atoms with E-state index in [1.165, 1.54) is 23.1 Å². The van der Waals surface area contributed by atoms with Gasteiger partial charge < -0.3 is 19.4 Å². The molecule has 0 spiro atoms. The summed E-state index contributed by atoms with van der Waals surface area (Å²) in [6.45, 7) is 7.91. The third-order valence-corrected chi connectivity index (χ3v) is 7.44. The highest BCUT2D eigenvalue weighted by Crippen LogP contribution is 2.33. The minimum atomic E-state index is -0.434. The van der Waals surface area contributed by atoms with Crippen LogP contribution in [0.15, 0.2) is 23.4 Å². The number of thiophene rings is 1. The summed E-state index contributed by atoms with van der Waals surface area (Å²) in [5.74, 6) is 0.744. The second-order valence-corrected chi connectivity index (χ2v) is 9.78. The molecule has 0 saturated heterocycles. The van der Waals surface area contributed by atoms with Crippen molar-refractivity contribution in [3.63, 3.8) is 0 Å². The molecule has 176 valence electrons. The van der Waals surface area contributed by atoms with E-state index < -0.39 is 5.97 Å². The first kappa shape index (κ1) is 25.1. The fraction of sp³-hybridized carbons (Fsp3) is 0.364. The minimum Gasteiger partial charge on any atom is -0.486 e. The molecule has 0 radical (unpaired) electrons. The first-order valence-electron chi connectivity index (χ1n) is 10.2. The molecule has 0 bridgehead atoms. The number of halogens is 1. The van der Waals surface area contributed by atoms with Crippen LogP contribution in [0.1, 0.15) is 39.1 Å². The van der Waals surface area contributed by atoms with Gasteiger partial charge in [-0.1, -0.05) is 23.4 Å². The highest BCUT2D eigenvalue weighted by Gasteiger charge is 2.22. The first-order valence-corrected chi connectivity index (χ1v) is 12.4. The number of nitrogens with one attached hydrogen (secondary N) is 1. The van der Waals surface area contributed by atoms with E-state index in [1.807, 2.05) is 33.9 Å². The predicted octanol–water partition coefficient (Wildman–Crippen LogP) is 4.94. The Morgan fingerprint density at radius 3 is 2.70 bits per heavy atom. The smallest absolute Gasteiger partial charge is 0.341 e. The zero-order chi connectivity index (χ0) is 24.1. The highest BCUT2D eigenvalue weighted by atomic mass is 35.5. The van der Waals surface area contributed by atoms with Crippen LogP contribution in [0.3, 0.4) is 0 Å². The Morgan fingerprint density at radius 1 is 1.24 bits per heavy atom. The number of esters is 1. The van der Waals surface area contributed by atoms with E-state index in [2.05, 4.69) is 15.5 Å². The van der Waals surface area contributed by atoms with Crippen LogP contribution in [0.2, 0.25) is 5.02 Å². The summed E-state index contributed by atoms with van der Waals surface area (Å²) in [7, 11) is 1.82. The largest absolute Gasteiger partial charge is 0.486 e. The number of benzene rings is 1. The predicted molar refractivity (Wildman–Crippen MR) is 131 cm³/mol. The lowest BCUT2D eigenvalue weighted by molar-refractivity contribution is -0.113. The van der Waals surface area contributed by atoms with E-state index in [0.29, 0.717) is 32.3 Å². The van der Waals surface area contributed by atoms with Crippen molar-refractivity contribution < 1.29 is 19.1 Å². The molecule has 0 aliphatic carbocycles. The molecule has 11 heteroatoms. The maximum atomic E-state index is 12.6. The average Bonchev–Trinajstić information content (AvgIpc) is 3.26. The zero-order valence-corrected chi connectivity index (χ0v) is 21.4. The molecule has 0 saturated carbocycles. The van der Waals surface area contributed by atoms with Gasteiger partial charge in [0.2, 0.25) is 5.91 Å². The van der Waals surface area contributed by atoms with E-state index in [1.54, 1.807) is 23.6 Å². The first-order chi connectivity index (χ1) is 15.7. The Hall–Kier alpha value is -2.56. The lowest BCUT2D eigenvalue weighted by Crippen LogP contribution is -2.16. The van der Waals surface area contributed by atoms with Crippen LogP contribution in [0.25, 0.3) is 0 Å². The molecule has 1 N–H and O–H groups in total. The van der Waals surface area contributed by atoms with Gasteiger partial charge in [-0.3, -0.25) is 4.79 Å². The Morgan fingerprint density at radius 2 is 2.00 bits per heavy atom. The number of carbonyl (C=O) groups excluding carboxylic acids is 2. The molecule has 8 nitrogen and oxygen atoms in total. The van der Waals surface area contributed by atoms with E-state index in [4.69, 9.17) is 21.1 Å². The lowest BCUT2D eigenvalue weighted by atomic mass is 10.1. The van der Waals surface area contributed by atoms with E-state index >= 15 is 0 Å². The molecule has 3 rings (SSSR count).